The van der Waals surface area contributed by atoms with Gasteiger partial charge in [0.05, 0.1) is 23.7 Å². The first-order valence-electron chi connectivity index (χ1n) is 12.0. The summed E-state index contributed by atoms with van der Waals surface area (Å²) in [5, 5.41) is 0.596. The zero-order valence-electron chi connectivity index (χ0n) is 20.3. The number of anilines is 1. The first-order valence-corrected chi connectivity index (χ1v) is 12.4. The second kappa shape index (κ2) is 8.49. The highest BCUT2D eigenvalue weighted by molar-refractivity contribution is 6.31. The molecular weight excluding hydrogens is 492 g/mol. The van der Waals surface area contributed by atoms with Crippen molar-refractivity contribution in [3.05, 3.63) is 104 Å². The molecule has 0 saturated heterocycles. The average molecular weight is 515 g/mol. The summed E-state index contributed by atoms with van der Waals surface area (Å²) in [6.45, 7) is 2.46. The van der Waals surface area contributed by atoms with Gasteiger partial charge < -0.3 is 19.0 Å². The summed E-state index contributed by atoms with van der Waals surface area (Å²) in [5.74, 6) is -0.204. The molecule has 3 aromatic carbocycles. The number of nitrogens with zero attached hydrogens (tertiary/aromatic N) is 2. The van der Waals surface area contributed by atoms with E-state index >= 15 is 0 Å². The minimum absolute atomic E-state index is 0.0513. The number of hydrogen-bond acceptors (Lipinski definition) is 5. The Kier molecular flexibility index (Phi) is 5.35. The van der Waals surface area contributed by atoms with Crippen LogP contribution in [0.3, 0.4) is 0 Å². The van der Waals surface area contributed by atoms with Gasteiger partial charge in [-0.1, -0.05) is 41.9 Å². The van der Waals surface area contributed by atoms with Crippen LogP contribution in [0, 0.1) is 0 Å². The molecule has 7 nitrogen and oxygen atoms in total. The van der Waals surface area contributed by atoms with Gasteiger partial charge in [-0.15, -0.1) is 0 Å². The third-order valence-corrected chi connectivity index (χ3v) is 7.53. The maximum atomic E-state index is 14.3. The number of hydrogen-bond donors (Lipinski definition) is 0. The highest BCUT2D eigenvalue weighted by Gasteiger charge is 2.64. The molecule has 0 bridgehead atoms. The van der Waals surface area contributed by atoms with Gasteiger partial charge >= 0.3 is 0 Å². The maximum absolute atomic E-state index is 14.3. The van der Waals surface area contributed by atoms with Crippen molar-refractivity contribution in [3.8, 4) is 5.75 Å². The van der Waals surface area contributed by atoms with Crippen LogP contribution in [0.25, 0.3) is 11.0 Å². The van der Waals surface area contributed by atoms with E-state index < -0.39 is 16.9 Å². The minimum Gasteiger partial charge on any atom is -0.497 e. The molecule has 186 valence electrons. The molecule has 37 heavy (non-hydrogen) atoms. The summed E-state index contributed by atoms with van der Waals surface area (Å²) in [7, 11) is 1.60. The number of amides is 2. The van der Waals surface area contributed by atoms with Crippen LogP contribution in [0.1, 0.15) is 34.2 Å². The van der Waals surface area contributed by atoms with Crippen LogP contribution in [0.15, 0.2) is 75.9 Å². The van der Waals surface area contributed by atoms with E-state index in [1.54, 1.807) is 24.1 Å². The maximum Gasteiger partial charge on any atom is 0.291 e. The standard InChI is InChI=1S/C29H23ClN2O5/c1-3-31-22-7-5-4-6-21(22)29(28(31)35)24-25(33)20-16-18(30)10-13-23(20)37-26(24)27(34)32(29)15-14-17-8-11-19(36-2)12-9-17/h4-13,16H,3,14-15H2,1-2H3. The van der Waals surface area contributed by atoms with E-state index in [-0.39, 0.29) is 34.7 Å². The fraction of sp³-hybridized carbons (Fsp3) is 0.207. The summed E-state index contributed by atoms with van der Waals surface area (Å²) in [4.78, 5) is 45.4. The fourth-order valence-corrected chi connectivity index (χ4v) is 5.78. The normalized spacial score (nSPS) is 18.1. The molecule has 6 rings (SSSR count). The number of benzene rings is 3. The number of fused-ring (bicyclic) bond motifs is 5. The Hall–Kier alpha value is -4.10. The van der Waals surface area contributed by atoms with E-state index in [4.69, 9.17) is 20.8 Å². The van der Waals surface area contributed by atoms with E-state index in [9.17, 15) is 14.4 Å². The third-order valence-electron chi connectivity index (χ3n) is 7.30. The lowest BCUT2D eigenvalue weighted by Gasteiger charge is -2.34. The van der Waals surface area contributed by atoms with Gasteiger partial charge in [0.1, 0.15) is 11.3 Å². The summed E-state index contributed by atoms with van der Waals surface area (Å²) in [5.41, 5.74) is 0.480. The van der Waals surface area contributed by atoms with Gasteiger partial charge in [0.15, 0.2) is 11.0 Å². The Morgan fingerprint density at radius 1 is 1.00 bits per heavy atom. The van der Waals surface area contributed by atoms with E-state index in [0.717, 1.165) is 11.3 Å². The molecule has 2 aliphatic heterocycles. The van der Waals surface area contributed by atoms with Gasteiger partial charge in [-0.3, -0.25) is 14.4 Å². The van der Waals surface area contributed by atoms with E-state index in [2.05, 4.69) is 0 Å². The second-order valence-electron chi connectivity index (χ2n) is 9.11. The van der Waals surface area contributed by atoms with E-state index in [1.807, 2.05) is 55.5 Å². The Bertz CT molecular complexity index is 1640. The van der Waals surface area contributed by atoms with Gasteiger partial charge in [-0.2, -0.15) is 0 Å². The molecule has 1 aromatic heterocycles. The van der Waals surface area contributed by atoms with Gasteiger partial charge in [-0.05, 0) is 55.3 Å². The first-order chi connectivity index (χ1) is 17.9. The SMILES string of the molecule is CCN1C(=O)C2(c3ccccc31)c1c(oc3ccc(Cl)cc3c1=O)C(=O)N2CCc1ccc(OC)cc1. The number of para-hydroxylation sites is 1. The summed E-state index contributed by atoms with van der Waals surface area (Å²) >= 11 is 6.20. The molecule has 0 radical (unpaired) electrons. The average Bonchev–Trinajstić information content (AvgIpc) is 3.31. The van der Waals surface area contributed by atoms with Crippen molar-refractivity contribution < 1.29 is 18.7 Å². The molecule has 0 saturated carbocycles. The lowest BCUT2D eigenvalue weighted by atomic mass is 9.83. The molecule has 1 atom stereocenters. The Morgan fingerprint density at radius 2 is 1.76 bits per heavy atom. The smallest absolute Gasteiger partial charge is 0.291 e. The van der Waals surface area contributed by atoms with Crippen molar-refractivity contribution >= 4 is 40.1 Å². The molecule has 0 fully saturated rings. The molecule has 2 amide bonds. The quantitative estimate of drug-likeness (QED) is 0.383. The number of halogens is 1. The Labute approximate surface area is 217 Å². The number of rotatable bonds is 5. The highest BCUT2D eigenvalue weighted by atomic mass is 35.5. The number of likely N-dealkylation sites (N-methyl/N-ethyl adjacent to an activating group) is 1. The number of ether oxygens (including phenoxy) is 1. The Balaban J connectivity index is 1.59. The van der Waals surface area contributed by atoms with Gasteiger partial charge in [-0.25, -0.2) is 0 Å². The lowest BCUT2D eigenvalue weighted by molar-refractivity contribution is -0.126. The fourth-order valence-electron chi connectivity index (χ4n) is 5.61. The zero-order valence-corrected chi connectivity index (χ0v) is 21.0. The number of methoxy groups -OCH3 is 1. The summed E-state index contributed by atoms with van der Waals surface area (Å²) in [6.07, 6.45) is 0.465. The zero-order chi connectivity index (χ0) is 25.9. The predicted molar refractivity (Wildman–Crippen MR) is 140 cm³/mol. The van der Waals surface area contributed by atoms with Crippen LogP contribution in [0.5, 0.6) is 5.75 Å². The van der Waals surface area contributed by atoms with E-state index in [0.29, 0.717) is 29.2 Å². The topological polar surface area (TPSA) is 80.1 Å². The van der Waals surface area contributed by atoms with Gasteiger partial charge in [0, 0.05) is 23.7 Å². The highest BCUT2D eigenvalue weighted by Crippen LogP contribution is 2.52. The molecular formula is C29H23ClN2O5. The van der Waals surface area contributed by atoms with Crippen LogP contribution < -0.4 is 15.1 Å². The van der Waals surface area contributed by atoms with Gasteiger partial charge in [0.2, 0.25) is 5.76 Å². The van der Waals surface area contributed by atoms with Crippen LogP contribution in [-0.2, 0) is 16.8 Å². The summed E-state index contributed by atoms with van der Waals surface area (Å²) < 4.78 is 11.3. The molecule has 3 heterocycles. The first kappa shape index (κ1) is 23.3. The van der Waals surface area contributed by atoms with E-state index in [1.165, 1.54) is 11.0 Å². The molecule has 8 heteroatoms. The molecule has 0 aliphatic carbocycles. The van der Waals surface area contributed by atoms with Crippen molar-refractivity contribution in [1.82, 2.24) is 4.90 Å². The second-order valence-corrected chi connectivity index (χ2v) is 9.54. The molecule has 1 unspecified atom stereocenters. The third kappa shape index (κ3) is 3.17. The van der Waals surface area contributed by atoms with Crippen LogP contribution in [0.2, 0.25) is 5.02 Å². The predicted octanol–water partition coefficient (Wildman–Crippen LogP) is 4.76. The van der Waals surface area contributed by atoms with Crippen molar-refractivity contribution in [2.75, 3.05) is 25.1 Å². The van der Waals surface area contributed by atoms with Gasteiger partial charge in [0.25, 0.3) is 11.8 Å². The molecule has 0 N–H and O–H groups in total. The lowest BCUT2D eigenvalue weighted by Crippen LogP contribution is -2.54. The van der Waals surface area contributed by atoms with Crippen molar-refractivity contribution in [1.29, 1.82) is 0 Å². The van der Waals surface area contributed by atoms with Crippen molar-refractivity contribution in [3.63, 3.8) is 0 Å². The summed E-state index contributed by atoms with van der Waals surface area (Å²) in [6, 6.07) is 19.5. The van der Waals surface area contributed by atoms with Crippen molar-refractivity contribution in [2.45, 2.75) is 18.9 Å². The van der Waals surface area contributed by atoms with Crippen LogP contribution in [-0.4, -0.2) is 36.9 Å². The molecule has 2 aliphatic rings. The monoisotopic (exact) mass is 514 g/mol. The minimum atomic E-state index is -1.62. The van der Waals surface area contributed by atoms with Crippen LogP contribution >= 0.6 is 11.6 Å². The van der Waals surface area contributed by atoms with Crippen molar-refractivity contribution in [2.24, 2.45) is 0 Å². The largest absolute Gasteiger partial charge is 0.497 e. The molecule has 1 spiro atoms. The van der Waals surface area contributed by atoms with Crippen LogP contribution in [0.4, 0.5) is 5.69 Å². The number of carbonyl (C=O) groups is 2. The Morgan fingerprint density at radius 3 is 2.49 bits per heavy atom. The molecule has 4 aromatic rings. The number of carbonyl (C=O) groups excluding carboxylic acids is 2.